The van der Waals surface area contributed by atoms with Crippen LogP contribution in [0.15, 0.2) is 24.3 Å². The average molecular weight is 278 g/mol. The molecular weight excluding hydrogens is 248 g/mol. The van der Waals surface area contributed by atoms with Crippen molar-refractivity contribution in [2.45, 2.75) is 45.7 Å². The van der Waals surface area contributed by atoms with E-state index in [0.717, 1.165) is 25.3 Å². The minimum Gasteiger partial charge on any atom is -0.497 e. The van der Waals surface area contributed by atoms with E-state index >= 15 is 0 Å². The second-order valence-corrected chi connectivity index (χ2v) is 5.43. The van der Waals surface area contributed by atoms with E-state index < -0.39 is 0 Å². The highest BCUT2D eigenvalue weighted by atomic mass is 16.5. The van der Waals surface area contributed by atoms with Crippen molar-refractivity contribution in [2.75, 3.05) is 27.2 Å². The van der Waals surface area contributed by atoms with Crippen molar-refractivity contribution in [3.63, 3.8) is 0 Å². The van der Waals surface area contributed by atoms with E-state index in [1.807, 2.05) is 12.1 Å². The molecule has 0 bridgehead atoms. The summed E-state index contributed by atoms with van der Waals surface area (Å²) in [5.41, 5.74) is 1.33. The topological polar surface area (TPSA) is 24.5 Å². The van der Waals surface area contributed by atoms with Crippen molar-refractivity contribution in [3.8, 4) is 5.75 Å². The molecule has 0 amide bonds. The number of methoxy groups -OCH3 is 1. The van der Waals surface area contributed by atoms with Gasteiger partial charge in [0.25, 0.3) is 0 Å². The number of hydrogen-bond acceptors (Lipinski definition) is 3. The Kier molecular flexibility index (Phi) is 7.63. The minimum absolute atomic E-state index is 0.422. The smallest absolute Gasteiger partial charge is 0.118 e. The fraction of sp³-hybridized carbons (Fsp3) is 0.647. The summed E-state index contributed by atoms with van der Waals surface area (Å²) in [4.78, 5) is 2.41. The van der Waals surface area contributed by atoms with E-state index in [4.69, 9.17) is 4.74 Å². The molecular formula is C17H30N2O. The second kappa shape index (κ2) is 8.98. The maximum Gasteiger partial charge on any atom is 0.118 e. The molecule has 2 unspecified atom stereocenters. The number of hydrogen-bond donors (Lipinski definition) is 1. The van der Waals surface area contributed by atoms with Gasteiger partial charge in [-0.2, -0.15) is 0 Å². The molecule has 0 fully saturated rings. The molecule has 20 heavy (non-hydrogen) atoms. The van der Waals surface area contributed by atoms with Crippen LogP contribution in [0.3, 0.4) is 0 Å². The molecule has 1 aromatic carbocycles. The molecule has 114 valence electrons. The maximum absolute atomic E-state index is 5.21. The standard InChI is InChI=1S/C17H30N2O/c1-6-14(3)19(4)13-12-18-17(7-2)15-8-10-16(20-5)11-9-15/h8-11,14,17-18H,6-7,12-13H2,1-5H3. The van der Waals surface area contributed by atoms with E-state index in [-0.39, 0.29) is 0 Å². The Morgan fingerprint density at radius 2 is 1.80 bits per heavy atom. The molecule has 2 atom stereocenters. The highest BCUT2D eigenvalue weighted by Crippen LogP contribution is 2.19. The van der Waals surface area contributed by atoms with Crippen LogP contribution in [0.4, 0.5) is 0 Å². The first kappa shape index (κ1) is 17.0. The van der Waals surface area contributed by atoms with E-state index in [0.29, 0.717) is 12.1 Å². The van der Waals surface area contributed by atoms with Crippen molar-refractivity contribution in [3.05, 3.63) is 29.8 Å². The second-order valence-electron chi connectivity index (χ2n) is 5.43. The monoisotopic (exact) mass is 278 g/mol. The Morgan fingerprint density at radius 3 is 2.30 bits per heavy atom. The van der Waals surface area contributed by atoms with Crippen molar-refractivity contribution in [2.24, 2.45) is 0 Å². The first-order valence-corrected chi connectivity index (χ1v) is 7.69. The number of nitrogens with zero attached hydrogens (tertiary/aromatic N) is 1. The summed E-state index contributed by atoms with van der Waals surface area (Å²) in [6.07, 6.45) is 2.30. The lowest BCUT2D eigenvalue weighted by molar-refractivity contribution is 0.248. The third-order valence-electron chi connectivity index (χ3n) is 4.12. The Bertz CT molecular complexity index is 364. The molecule has 1 rings (SSSR count). The van der Waals surface area contributed by atoms with Crippen LogP contribution < -0.4 is 10.1 Å². The van der Waals surface area contributed by atoms with Gasteiger partial charge in [0.15, 0.2) is 0 Å². The van der Waals surface area contributed by atoms with Gasteiger partial charge in [-0.25, -0.2) is 0 Å². The third-order valence-corrected chi connectivity index (χ3v) is 4.12. The Hall–Kier alpha value is -1.06. The van der Waals surface area contributed by atoms with Crippen LogP contribution in [0.2, 0.25) is 0 Å². The Balaban J connectivity index is 2.46. The zero-order valence-corrected chi connectivity index (χ0v) is 13.6. The van der Waals surface area contributed by atoms with Gasteiger partial charge in [0.2, 0.25) is 0 Å². The predicted molar refractivity (Wildman–Crippen MR) is 86.4 cm³/mol. The van der Waals surface area contributed by atoms with Crippen LogP contribution in [0.25, 0.3) is 0 Å². The van der Waals surface area contributed by atoms with Gasteiger partial charge in [-0.05, 0) is 44.5 Å². The van der Waals surface area contributed by atoms with E-state index in [9.17, 15) is 0 Å². The molecule has 3 heteroatoms. The molecule has 0 heterocycles. The van der Waals surface area contributed by atoms with Gasteiger partial charge in [0.1, 0.15) is 5.75 Å². The van der Waals surface area contributed by atoms with Crippen LogP contribution in [-0.2, 0) is 0 Å². The van der Waals surface area contributed by atoms with Gasteiger partial charge in [-0.15, -0.1) is 0 Å². The van der Waals surface area contributed by atoms with Crippen LogP contribution in [0.1, 0.15) is 45.2 Å². The fourth-order valence-corrected chi connectivity index (χ4v) is 2.28. The van der Waals surface area contributed by atoms with E-state index in [1.165, 1.54) is 12.0 Å². The minimum atomic E-state index is 0.422. The van der Waals surface area contributed by atoms with Crippen molar-refractivity contribution < 1.29 is 4.74 Å². The number of rotatable bonds is 9. The van der Waals surface area contributed by atoms with Crippen LogP contribution in [0.5, 0.6) is 5.75 Å². The number of ether oxygens (including phenoxy) is 1. The summed E-state index contributed by atoms with van der Waals surface area (Å²) in [6.45, 7) is 8.84. The highest BCUT2D eigenvalue weighted by molar-refractivity contribution is 5.29. The van der Waals surface area contributed by atoms with Gasteiger partial charge >= 0.3 is 0 Å². The largest absolute Gasteiger partial charge is 0.497 e. The zero-order chi connectivity index (χ0) is 15.0. The maximum atomic E-state index is 5.21. The lowest BCUT2D eigenvalue weighted by Crippen LogP contribution is -2.36. The molecule has 0 aliphatic rings. The van der Waals surface area contributed by atoms with Crippen molar-refractivity contribution >= 4 is 0 Å². The molecule has 3 nitrogen and oxygen atoms in total. The molecule has 0 saturated carbocycles. The van der Waals surface area contributed by atoms with Crippen molar-refractivity contribution in [1.82, 2.24) is 10.2 Å². The lowest BCUT2D eigenvalue weighted by atomic mass is 10.0. The number of likely N-dealkylation sites (N-methyl/N-ethyl adjacent to an activating group) is 1. The molecule has 0 radical (unpaired) electrons. The summed E-state index contributed by atoms with van der Waals surface area (Å²) in [6, 6.07) is 9.44. The fourth-order valence-electron chi connectivity index (χ4n) is 2.28. The summed E-state index contributed by atoms with van der Waals surface area (Å²) in [5, 5.41) is 3.65. The molecule has 0 aliphatic carbocycles. The highest BCUT2D eigenvalue weighted by Gasteiger charge is 2.10. The average Bonchev–Trinajstić information content (AvgIpc) is 2.50. The van der Waals surface area contributed by atoms with Crippen molar-refractivity contribution in [1.29, 1.82) is 0 Å². The first-order valence-electron chi connectivity index (χ1n) is 7.69. The van der Waals surface area contributed by atoms with Crippen LogP contribution in [0, 0.1) is 0 Å². The molecule has 0 aliphatic heterocycles. The first-order chi connectivity index (χ1) is 9.62. The number of nitrogens with one attached hydrogen (secondary N) is 1. The molecule has 0 spiro atoms. The lowest BCUT2D eigenvalue weighted by Gasteiger charge is -2.25. The third kappa shape index (κ3) is 5.14. The molecule has 0 saturated heterocycles. The predicted octanol–water partition coefficient (Wildman–Crippen LogP) is 3.47. The van der Waals surface area contributed by atoms with E-state index in [1.54, 1.807) is 7.11 Å². The number of benzene rings is 1. The molecule has 0 aromatic heterocycles. The van der Waals surface area contributed by atoms with Crippen LogP contribution in [-0.4, -0.2) is 38.2 Å². The van der Waals surface area contributed by atoms with Gasteiger partial charge in [-0.1, -0.05) is 26.0 Å². The molecule has 1 aromatic rings. The van der Waals surface area contributed by atoms with Gasteiger partial charge < -0.3 is 15.0 Å². The molecule has 1 N–H and O–H groups in total. The van der Waals surface area contributed by atoms with Gasteiger partial charge in [0.05, 0.1) is 7.11 Å². The summed E-state index contributed by atoms with van der Waals surface area (Å²) in [5.74, 6) is 0.917. The Morgan fingerprint density at radius 1 is 1.15 bits per heavy atom. The zero-order valence-electron chi connectivity index (χ0n) is 13.6. The van der Waals surface area contributed by atoms with Crippen LogP contribution >= 0.6 is 0 Å². The summed E-state index contributed by atoms with van der Waals surface area (Å²) >= 11 is 0. The van der Waals surface area contributed by atoms with Gasteiger partial charge in [0, 0.05) is 25.2 Å². The summed E-state index contributed by atoms with van der Waals surface area (Å²) in [7, 11) is 3.90. The summed E-state index contributed by atoms with van der Waals surface area (Å²) < 4.78 is 5.21. The van der Waals surface area contributed by atoms with E-state index in [2.05, 4.69) is 50.2 Å². The van der Waals surface area contributed by atoms with Gasteiger partial charge in [-0.3, -0.25) is 0 Å². The SMILES string of the molecule is CCC(NCCN(C)C(C)CC)c1ccc(OC)cc1. The normalized spacial score (nSPS) is 14.3. The quantitative estimate of drug-likeness (QED) is 0.748. The Labute approximate surface area is 124 Å².